The first kappa shape index (κ1) is 40.0. The van der Waals surface area contributed by atoms with Gasteiger partial charge >= 0.3 is 0 Å². The van der Waals surface area contributed by atoms with E-state index in [1.165, 1.54) is 72.2 Å². The molecule has 4 nitrogen and oxygen atoms in total. The minimum Gasteiger partial charge on any atom is -0.337 e. The van der Waals surface area contributed by atoms with Gasteiger partial charge in [0.05, 0.1) is 28.5 Å². The van der Waals surface area contributed by atoms with E-state index < -0.39 is 0 Å². The number of para-hydroxylation sites is 1. The maximum Gasteiger partial charge on any atom is 0.160 e. The van der Waals surface area contributed by atoms with Crippen molar-refractivity contribution in [3.8, 4) is 39.6 Å². The zero-order chi connectivity index (χ0) is 45.0. The molecule has 0 bridgehead atoms. The van der Waals surface area contributed by atoms with Gasteiger partial charge < -0.3 is 9.47 Å². The molecule has 2 unspecified atom stereocenters. The smallest absolute Gasteiger partial charge is 0.160 e. The number of aromatic nitrogens is 3. The van der Waals surface area contributed by atoms with Crippen LogP contribution in [0.15, 0.2) is 253 Å². The molecule has 3 heterocycles. The first-order valence-electron chi connectivity index (χ1n) is 24.0. The largest absolute Gasteiger partial charge is 0.337 e. The summed E-state index contributed by atoms with van der Waals surface area (Å²) in [7, 11) is 0. The highest BCUT2D eigenvalue weighted by molar-refractivity contribution is 6.10. The van der Waals surface area contributed by atoms with E-state index in [4.69, 9.17) is 9.97 Å². The second-order valence-electron chi connectivity index (χ2n) is 18.4. The summed E-state index contributed by atoms with van der Waals surface area (Å²) >= 11 is 0. The lowest BCUT2D eigenvalue weighted by Gasteiger charge is -2.35. The van der Waals surface area contributed by atoms with Gasteiger partial charge in [-0.2, -0.15) is 0 Å². The molecule has 3 aliphatic carbocycles. The van der Waals surface area contributed by atoms with E-state index in [2.05, 4.69) is 216 Å². The van der Waals surface area contributed by atoms with Gasteiger partial charge in [-0.3, -0.25) is 0 Å². The average Bonchev–Trinajstić information content (AvgIpc) is 3.94. The quantitative estimate of drug-likeness (QED) is 0.153. The van der Waals surface area contributed by atoms with Crippen LogP contribution in [-0.2, 0) is 0 Å². The molecule has 13 rings (SSSR count). The van der Waals surface area contributed by atoms with Crippen LogP contribution in [0.4, 0.5) is 0 Å². The van der Waals surface area contributed by atoms with E-state index in [1.54, 1.807) is 0 Å². The SMILES string of the molecule is C1=CC2=C(CC1)N(C1=CC(c3ccccc3)CC(c3ccccc3)=C1)C1CC=C(c3ccc4c(c3)c3ccccc3n4-c3ccc(-c4cc(-c5ccccc5)nc(-c5ccccc5)n4)cc3)C=C21. The van der Waals surface area contributed by atoms with Crippen LogP contribution in [0.25, 0.3) is 72.5 Å². The lowest BCUT2D eigenvalue weighted by Crippen LogP contribution is -2.31. The van der Waals surface area contributed by atoms with Crippen LogP contribution < -0.4 is 0 Å². The zero-order valence-electron chi connectivity index (χ0n) is 37.7. The van der Waals surface area contributed by atoms with Crippen LogP contribution in [0, 0.1) is 0 Å². The summed E-state index contributed by atoms with van der Waals surface area (Å²) in [5.41, 5.74) is 20.6. The van der Waals surface area contributed by atoms with E-state index in [-0.39, 0.29) is 6.04 Å². The standard InChI is InChI=1S/C64H48N4/c1-5-17-43(18-6-1)50-37-51(44-19-7-2-8-20-44)39-53(38-50)68-61-28-16-14-26-55(61)57-41-49(32-36-63(57)68)48-31-35-62-56(40-48)54-25-13-15-27-60(54)67(62)52-33-29-46(30-34-52)59-42-58(45-21-9-3-10-22-45)65-64(66-59)47-23-11-4-12-24-47/h1-15,17-27,29-35,38-42,50,63H,16,28,36-37H2. The third-order valence-electron chi connectivity index (χ3n) is 14.3. The Hall–Kier alpha value is -8.34. The van der Waals surface area contributed by atoms with Gasteiger partial charge in [-0.15, -0.1) is 0 Å². The highest BCUT2D eigenvalue weighted by atomic mass is 15.2. The Morgan fingerprint density at radius 3 is 1.91 bits per heavy atom. The van der Waals surface area contributed by atoms with Crippen molar-refractivity contribution in [1.82, 2.24) is 19.4 Å². The fourth-order valence-corrected chi connectivity index (χ4v) is 11.1. The van der Waals surface area contributed by atoms with Crippen LogP contribution in [-0.4, -0.2) is 25.5 Å². The number of hydrogen-bond acceptors (Lipinski definition) is 3. The molecule has 324 valence electrons. The van der Waals surface area contributed by atoms with Crippen LogP contribution in [0.3, 0.4) is 0 Å². The Bertz CT molecular complexity index is 3530. The monoisotopic (exact) mass is 872 g/mol. The minimum absolute atomic E-state index is 0.256. The molecule has 4 aliphatic rings. The lowest BCUT2D eigenvalue weighted by molar-refractivity contribution is 0.370. The molecule has 0 amide bonds. The summed E-state index contributed by atoms with van der Waals surface area (Å²) in [5.74, 6) is 1.03. The second kappa shape index (κ2) is 16.8. The highest BCUT2D eigenvalue weighted by Gasteiger charge is 2.39. The molecule has 0 spiro atoms. The first-order chi connectivity index (χ1) is 33.7. The normalized spacial score (nSPS) is 17.7. The van der Waals surface area contributed by atoms with Crippen molar-refractivity contribution in [2.45, 2.75) is 37.6 Å². The Morgan fingerprint density at radius 1 is 0.529 bits per heavy atom. The van der Waals surface area contributed by atoms with Gasteiger partial charge in [0.25, 0.3) is 0 Å². The van der Waals surface area contributed by atoms with Crippen LogP contribution >= 0.6 is 0 Å². The molecule has 0 saturated carbocycles. The highest BCUT2D eigenvalue weighted by Crippen LogP contribution is 2.49. The predicted molar refractivity (Wildman–Crippen MR) is 281 cm³/mol. The molecule has 7 aromatic carbocycles. The summed E-state index contributed by atoms with van der Waals surface area (Å²) in [6.45, 7) is 0. The van der Waals surface area contributed by atoms with E-state index >= 15 is 0 Å². The summed E-state index contributed by atoms with van der Waals surface area (Å²) in [6, 6.07) is 69.8. The number of rotatable bonds is 8. The number of nitrogens with zero attached hydrogens (tertiary/aromatic N) is 4. The van der Waals surface area contributed by atoms with Crippen molar-refractivity contribution in [2.24, 2.45) is 0 Å². The minimum atomic E-state index is 0.256. The number of fused-ring (bicyclic) bond motifs is 5. The molecule has 9 aromatic rings. The fourth-order valence-electron chi connectivity index (χ4n) is 11.1. The summed E-state index contributed by atoms with van der Waals surface area (Å²) in [4.78, 5) is 12.8. The van der Waals surface area contributed by atoms with Gasteiger partial charge in [0.15, 0.2) is 5.82 Å². The Kier molecular flexibility index (Phi) is 9.89. The maximum atomic E-state index is 5.10. The Labute approximate surface area is 397 Å². The molecular weight excluding hydrogens is 825 g/mol. The predicted octanol–water partition coefficient (Wildman–Crippen LogP) is 15.7. The number of allylic oxidation sites excluding steroid dienone is 8. The van der Waals surface area contributed by atoms with Crippen LogP contribution in [0.5, 0.6) is 0 Å². The second-order valence-corrected chi connectivity index (χ2v) is 18.4. The number of hydrogen-bond donors (Lipinski definition) is 0. The Morgan fingerprint density at radius 2 is 1.16 bits per heavy atom. The molecule has 2 aromatic heterocycles. The van der Waals surface area contributed by atoms with Crippen molar-refractivity contribution in [2.75, 3.05) is 0 Å². The molecular formula is C64H48N4. The van der Waals surface area contributed by atoms with E-state index in [9.17, 15) is 0 Å². The van der Waals surface area contributed by atoms with E-state index in [0.717, 1.165) is 59.4 Å². The third kappa shape index (κ3) is 7.08. The summed E-state index contributed by atoms with van der Waals surface area (Å²) in [5, 5.41) is 2.50. The van der Waals surface area contributed by atoms with Crippen LogP contribution in [0.1, 0.15) is 48.3 Å². The van der Waals surface area contributed by atoms with Crippen molar-refractivity contribution >= 4 is 33.0 Å². The van der Waals surface area contributed by atoms with Gasteiger partial charge in [-0.05, 0) is 113 Å². The average molecular weight is 873 g/mol. The zero-order valence-corrected chi connectivity index (χ0v) is 37.7. The van der Waals surface area contributed by atoms with E-state index in [1.807, 2.05) is 24.3 Å². The summed E-state index contributed by atoms with van der Waals surface area (Å²) < 4.78 is 2.41. The van der Waals surface area contributed by atoms with E-state index in [0.29, 0.717) is 11.7 Å². The molecule has 0 radical (unpaired) electrons. The fraction of sp³-hybridized carbons (Fsp3) is 0.0938. The maximum absolute atomic E-state index is 5.10. The molecule has 2 atom stereocenters. The lowest BCUT2D eigenvalue weighted by atomic mass is 9.83. The van der Waals surface area contributed by atoms with Crippen molar-refractivity contribution in [1.29, 1.82) is 0 Å². The van der Waals surface area contributed by atoms with Gasteiger partial charge in [-0.25, -0.2) is 9.97 Å². The first-order valence-corrected chi connectivity index (χ1v) is 24.0. The molecule has 0 saturated heterocycles. The van der Waals surface area contributed by atoms with Gasteiger partial charge in [0, 0.05) is 50.5 Å². The van der Waals surface area contributed by atoms with Crippen LogP contribution in [0.2, 0.25) is 0 Å². The topological polar surface area (TPSA) is 34.0 Å². The van der Waals surface area contributed by atoms with Gasteiger partial charge in [-0.1, -0.05) is 182 Å². The van der Waals surface area contributed by atoms with Gasteiger partial charge in [0.1, 0.15) is 0 Å². The Balaban J connectivity index is 0.849. The molecule has 0 fully saturated rings. The molecule has 1 aliphatic heterocycles. The molecule has 4 heteroatoms. The third-order valence-corrected chi connectivity index (χ3v) is 14.3. The van der Waals surface area contributed by atoms with Gasteiger partial charge in [0.2, 0.25) is 0 Å². The molecule has 68 heavy (non-hydrogen) atoms. The van der Waals surface area contributed by atoms with Crippen molar-refractivity contribution < 1.29 is 0 Å². The van der Waals surface area contributed by atoms with Crippen molar-refractivity contribution in [3.63, 3.8) is 0 Å². The number of benzene rings is 7. The summed E-state index contributed by atoms with van der Waals surface area (Å²) in [6.07, 6.45) is 18.8. The molecule has 0 N–H and O–H groups in total. The van der Waals surface area contributed by atoms with Crippen molar-refractivity contribution in [3.05, 3.63) is 270 Å².